The summed E-state index contributed by atoms with van der Waals surface area (Å²) in [6.45, 7) is 10.9. The Morgan fingerprint density at radius 2 is 1.58 bits per heavy atom. The summed E-state index contributed by atoms with van der Waals surface area (Å²) in [5.74, 6) is -2.93. The van der Waals surface area contributed by atoms with Crippen LogP contribution in [-0.4, -0.2) is 6.54 Å². The topological polar surface area (TPSA) is 26.0 Å². The van der Waals surface area contributed by atoms with E-state index in [9.17, 15) is 8.78 Å². The van der Waals surface area contributed by atoms with E-state index in [0.29, 0.717) is 5.56 Å². The molecule has 0 spiro atoms. The van der Waals surface area contributed by atoms with Crippen molar-refractivity contribution in [1.82, 2.24) is 0 Å². The van der Waals surface area contributed by atoms with Crippen molar-refractivity contribution in [2.75, 3.05) is 6.54 Å². The van der Waals surface area contributed by atoms with Gasteiger partial charge >= 0.3 is 0 Å². The van der Waals surface area contributed by atoms with Gasteiger partial charge < -0.3 is 5.73 Å². The Balaban J connectivity index is 3.31. The monoisotopic (exact) mass is 269 g/mol. The van der Waals surface area contributed by atoms with Crippen molar-refractivity contribution < 1.29 is 8.78 Å². The van der Waals surface area contributed by atoms with Gasteiger partial charge in [-0.2, -0.15) is 0 Å². The molecule has 1 aromatic rings. The number of rotatable bonds is 3. The van der Waals surface area contributed by atoms with Crippen molar-refractivity contribution in [1.29, 1.82) is 0 Å². The lowest BCUT2D eigenvalue weighted by atomic mass is 9.78. The van der Waals surface area contributed by atoms with Crippen molar-refractivity contribution in [2.24, 2.45) is 11.1 Å². The number of halogens is 2. The van der Waals surface area contributed by atoms with Crippen LogP contribution < -0.4 is 5.73 Å². The molecule has 1 aromatic carbocycles. The Hall–Kier alpha value is -0.960. The lowest BCUT2D eigenvalue weighted by Gasteiger charge is -2.34. The van der Waals surface area contributed by atoms with Crippen molar-refractivity contribution >= 4 is 0 Å². The summed E-state index contributed by atoms with van der Waals surface area (Å²) >= 11 is 0. The van der Waals surface area contributed by atoms with Gasteiger partial charge in [-0.25, -0.2) is 8.78 Å². The minimum atomic E-state index is -2.93. The highest BCUT2D eigenvalue weighted by molar-refractivity contribution is 5.37. The number of benzene rings is 1. The molecule has 0 saturated heterocycles. The van der Waals surface area contributed by atoms with Crippen LogP contribution in [0.5, 0.6) is 0 Å². The molecule has 0 amide bonds. The molecule has 0 heterocycles. The quantitative estimate of drug-likeness (QED) is 0.866. The minimum absolute atomic E-state index is 0.0397. The predicted octanol–water partition coefficient (Wildman–Crippen LogP) is 4.37. The average Bonchev–Trinajstić information content (AvgIpc) is 2.27. The number of alkyl halides is 2. The zero-order valence-corrected chi connectivity index (χ0v) is 12.8. The Morgan fingerprint density at radius 1 is 1.05 bits per heavy atom. The van der Waals surface area contributed by atoms with Gasteiger partial charge in [0, 0.05) is 17.5 Å². The SMILES string of the molecule is Cc1cc(C(C)(C)C)ccc1C(F)(F)C(C)(C)CN. The van der Waals surface area contributed by atoms with E-state index in [2.05, 4.69) is 20.8 Å². The second kappa shape index (κ2) is 4.86. The second-order valence-electron chi connectivity index (χ2n) is 6.94. The van der Waals surface area contributed by atoms with E-state index in [4.69, 9.17) is 5.73 Å². The highest BCUT2D eigenvalue weighted by atomic mass is 19.3. The molecular weight excluding hydrogens is 244 g/mol. The molecule has 0 aliphatic heterocycles. The summed E-state index contributed by atoms with van der Waals surface area (Å²) in [6, 6.07) is 5.20. The van der Waals surface area contributed by atoms with Crippen molar-refractivity contribution in [2.45, 2.75) is 52.9 Å². The molecule has 0 aromatic heterocycles. The van der Waals surface area contributed by atoms with E-state index in [0.717, 1.165) is 5.56 Å². The fourth-order valence-electron chi connectivity index (χ4n) is 1.98. The lowest BCUT2D eigenvalue weighted by Crippen LogP contribution is -2.40. The third-order valence-corrected chi connectivity index (χ3v) is 3.79. The van der Waals surface area contributed by atoms with Gasteiger partial charge in [-0.3, -0.25) is 0 Å². The Labute approximate surface area is 115 Å². The highest BCUT2D eigenvalue weighted by Crippen LogP contribution is 2.45. The molecule has 0 radical (unpaired) electrons. The minimum Gasteiger partial charge on any atom is -0.330 e. The third kappa shape index (κ3) is 2.97. The molecule has 0 saturated carbocycles. The van der Waals surface area contributed by atoms with Crippen molar-refractivity contribution in [3.05, 3.63) is 34.9 Å². The fourth-order valence-corrected chi connectivity index (χ4v) is 1.98. The summed E-state index contributed by atoms with van der Waals surface area (Å²) in [4.78, 5) is 0. The molecule has 1 nitrogen and oxygen atoms in total. The van der Waals surface area contributed by atoms with Gasteiger partial charge in [0.2, 0.25) is 0 Å². The number of hydrogen-bond donors (Lipinski definition) is 1. The van der Waals surface area contributed by atoms with Crippen LogP contribution in [-0.2, 0) is 11.3 Å². The number of nitrogens with two attached hydrogens (primary N) is 1. The van der Waals surface area contributed by atoms with Gasteiger partial charge in [0.25, 0.3) is 5.92 Å². The molecular formula is C16H25F2N. The second-order valence-corrected chi connectivity index (χ2v) is 6.94. The molecule has 3 heteroatoms. The van der Waals surface area contributed by atoms with Gasteiger partial charge in [-0.05, 0) is 23.5 Å². The van der Waals surface area contributed by atoms with E-state index in [1.807, 2.05) is 6.07 Å². The van der Waals surface area contributed by atoms with E-state index in [1.54, 1.807) is 19.1 Å². The van der Waals surface area contributed by atoms with Crippen LogP contribution >= 0.6 is 0 Å². The van der Waals surface area contributed by atoms with Crippen LogP contribution in [0, 0.1) is 12.3 Å². The smallest absolute Gasteiger partial charge is 0.279 e. The summed E-state index contributed by atoms with van der Waals surface area (Å²) in [6.07, 6.45) is 0. The molecule has 2 N–H and O–H groups in total. The first-order chi connectivity index (χ1) is 8.43. The summed E-state index contributed by atoms with van der Waals surface area (Å²) in [7, 11) is 0. The fraction of sp³-hybridized carbons (Fsp3) is 0.625. The maximum absolute atomic E-state index is 14.5. The molecule has 1 rings (SSSR count). The van der Waals surface area contributed by atoms with Crippen LogP contribution in [0.25, 0.3) is 0 Å². The highest BCUT2D eigenvalue weighted by Gasteiger charge is 2.47. The van der Waals surface area contributed by atoms with Gasteiger partial charge in [-0.1, -0.05) is 52.8 Å². The molecule has 0 aliphatic rings. The molecule has 0 unspecified atom stereocenters. The summed E-state index contributed by atoms with van der Waals surface area (Å²) < 4.78 is 29.1. The van der Waals surface area contributed by atoms with Crippen molar-refractivity contribution in [3.63, 3.8) is 0 Å². The Kier molecular flexibility index (Phi) is 4.12. The van der Waals surface area contributed by atoms with E-state index in [1.165, 1.54) is 13.8 Å². The molecule has 0 bridgehead atoms. The van der Waals surface area contributed by atoms with Gasteiger partial charge in [0.05, 0.1) is 0 Å². The van der Waals surface area contributed by atoms with E-state index >= 15 is 0 Å². The van der Waals surface area contributed by atoms with Crippen LogP contribution in [0.15, 0.2) is 18.2 Å². The molecule has 0 atom stereocenters. The molecule has 108 valence electrons. The average molecular weight is 269 g/mol. The zero-order valence-electron chi connectivity index (χ0n) is 12.8. The first-order valence-corrected chi connectivity index (χ1v) is 6.63. The largest absolute Gasteiger partial charge is 0.330 e. The number of aryl methyl sites for hydroxylation is 1. The zero-order chi connectivity index (χ0) is 15.1. The molecule has 0 fully saturated rings. The summed E-state index contributed by atoms with van der Waals surface area (Å²) in [5.41, 5.74) is 5.98. The van der Waals surface area contributed by atoms with Gasteiger partial charge in [-0.15, -0.1) is 0 Å². The lowest BCUT2D eigenvalue weighted by molar-refractivity contribution is -0.109. The normalized spacial score (nSPS) is 13.7. The Bertz CT molecular complexity index is 456. The van der Waals surface area contributed by atoms with Crippen molar-refractivity contribution in [3.8, 4) is 0 Å². The standard InChI is InChI=1S/C16H25F2N/c1-11-9-12(14(2,3)4)7-8-13(11)16(17,18)15(5,6)10-19/h7-9H,10,19H2,1-6H3. The predicted molar refractivity (Wildman–Crippen MR) is 76.6 cm³/mol. The molecule has 19 heavy (non-hydrogen) atoms. The van der Waals surface area contributed by atoms with Crippen LogP contribution in [0.1, 0.15) is 51.3 Å². The first-order valence-electron chi connectivity index (χ1n) is 6.63. The third-order valence-electron chi connectivity index (χ3n) is 3.79. The van der Waals surface area contributed by atoms with Gasteiger partial charge in [0.15, 0.2) is 0 Å². The molecule has 0 aliphatic carbocycles. The first kappa shape index (κ1) is 16.1. The Morgan fingerprint density at radius 3 is 1.95 bits per heavy atom. The van der Waals surface area contributed by atoms with E-state index < -0.39 is 11.3 Å². The van der Waals surface area contributed by atoms with Crippen LogP contribution in [0.2, 0.25) is 0 Å². The van der Waals surface area contributed by atoms with E-state index in [-0.39, 0.29) is 17.5 Å². The number of hydrogen-bond acceptors (Lipinski definition) is 1. The maximum atomic E-state index is 14.5. The summed E-state index contributed by atoms with van der Waals surface area (Å²) in [5, 5.41) is 0. The van der Waals surface area contributed by atoms with Gasteiger partial charge in [0.1, 0.15) is 0 Å². The van der Waals surface area contributed by atoms with Crippen LogP contribution in [0.3, 0.4) is 0 Å². The van der Waals surface area contributed by atoms with Crippen LogP contribution in [0.4, 0.5) is 8.78 Å². The maximum Gasteiger partial charge on any atom is 0.279 e.